The van der Waals surface area contributed by atoms with E-state index >= 15 is 0 Å². The van der Waals surface area contributed by atoms with Crippen molar-refractivity contribution in [3.63, 3.8) is 0 Å². The first-order valence-corrected chi connectivity index (χ1v) is 6.48. The van der Waals surface area contributed by atoms with Crippen molar-refractivity contribution >= 4 is 28.1 Å². The number of para-hydroxylation sites is 1. The van der Waals surface area contributed by atoms with Gasteiger partial charge >= 0.3 is 0 Å². The average Bonchev–Trinajstić information content (AvgIpc) is 2.97. The number of Topliss-reactive ketones (excluding diaryl/α,β-unsaturated/α-hetero) is 1. The Morgan fingerprint density at radius 1 is 1.09 bits per heavy atom. The summed E-state index contributed by atoms with van der Waals surface area (Å²) < 4.78 is 26.8. The van der Waals surface area contributed by atoms with Crippen molar-refractivity contribution < 1.29 is 18.7 Å². The molecule has 2 N–H and O–H groups in total. The second-order valence-corrected chi connectivity index (χ2v) is 4.97. The van der Waals surface area contributed by atoms with Crippen LogP contribution in [0.25, 0.3) is 10.9 Å². The normalized spacial score (nSPS) is 13.5. The van der Waals surface area contributed by atoms with Gasteiger partial charge in [-0.25, -0.2) is 13.8 Å². The van der Waals surface area contributed by atoms with Gasteiger partial charge in [-0.15, -0.1) is 0 Å². The number of nitrogens with zero attached hydrogens (tertiary/aromatic N) is 1. The van der Waals surface area contributed by atoms with E-state index in [1.807, 2.05) is 0 Å². The molecule has 1 aliphatic rings. The Bertz CT molecular complexity index is 989. The molecule has 0 saturated carbocycles. The zero-order chi connectivity index (χ0) is 15.4. The van der Waals surface area contributed by atoms with Crippen LogP contribution in [0.4, 0.5) is 14.5 Å². The second kappa shape index (κ2) is 4.24. The van der Waals surface area contributed by atoms with E-state index < -0.39 is 11.6 Å². The molecule has 1 aliphatic heterocycles. The first-order valence-electron chi connectivity index (χ1n) is 6.48. The smallest absolute Gasteiger partial charge is 0.214 e. The molecular weight excluding hydrogens is 290 g/mol. The van der Waals surface area contributed by atoms with Gasteiger partial charge in [-0.3, -0.25) is 4.79 Å². The number of ketones is 1. The second-order valence-electron chi connectivity index (χ2n) is 4.97. The van der Waals surface area contributed by atoms with Gasteiger partial charge in [-0.05, 0) is 18.2 Å². The molecule has 4 nitrogen and oxygen atoms in total. The molecule has 0 saturated heterocycles. The Morgan fingerprint density at radius 3 is 2.59 bits per heavy atom. The molecule has 0 amide bonds. The lowest BCUT2D eigenvalue weighted by atomic mass is 10.0. The van der Waals surface area contributed by atoms with Crippen molar-refractivity contribution in [1.82, 2.24) is 4.98 Å². The fourth-order valence-corrected chi connectivity index (χ4v) is 2.65. The topological polar surface area (TPSA) is 65.4 Å². The number of rotatable bonds is 1. The molecule has 0 bridgehead atoms. The highest BCUT2D eigenvalue weighted by atomic mass is 19.2. The van der Waals surface area contributed by atoms with Gasteiger partial charge in [-0.1, -0.05) is 12.1 Å². The van der Waals surface area contributed by atoms with E-state index in [1.54, 1.807) is 24.3 Å². The highest BCUT2D eigenvalue weighted by Gasteiger charge is 2.30. The van der Waals surface area contributed by atoms with E-state index in [0.717, 1.165) is 12.1 Å². The van der Waals surface area contributed by atoms with E-state index in [4.69, 9.17) is 0 Å². The summed E-state index contributed by atoms with van der Waals surface area (Å²) in [6.45, 7) is 0. The van der Waals surface area contributed by atoms with E-state index in [0.29, 0.717) is 11.3 Å². The van der Waals surface area contributed by atoms with Crippen molar-refractivity contribution in [2.75, 3.05) is 0 Å². The summed E-state index contributed by atoms with van der Waals surface area (Å²) in [6, 6.07) is 8.62. The largest absolute Gasteiger partial charge is 0.494 e. The number of aromatic hydroxyl groups is 1. The predicted octanol–water partition coefficient (Wildman–Crippen LogP) is 3.47. The molecule has 3 aromatic rings. The lowest BCUT2D eigenvalue weighted by molar-refractivity contribution is 0.107. The molecular formula is C16H8F2N2O2. The molecule has 6 heteroatoms. The summed E-state index contributed by atoms with van der Waals surface area (Å²) in [6.07, 6.45) is 0. The minimum absolute atomic E-state index is 0.0101. The first kappa shape index (κ1) is 12.7. The van der Waals surface area contributed by atoms with Gasteiger partial charge in [-0.2, -0.15) is 0 Å². The minimum Gasteiger partial charge on any atom is -0.494 e. The van der Waals surface area contributed by atoms with Crippen molar-refractivity contribution in [2.45, 2.75) is 0 Å². The Kier molecular flexibility index (Phi) is 2.45. The molecule has 0 atom stereocenters. The van der Waals surface area contributed by atoms with E-state index in [2.05, 4.69) is 9.98 Å². The Balaban J connectivity index is 1.99. The lowest BCUT2D eigenvalue weighted by Gasteiger charge is -1.99. The number of hydrogen-bond donors (Lipinski definition) is 2. The van der Waals surface area contributed by atoms with E-state index in [9.17, 15) is 18.7 Å². The molecule has 22 heavy (non-hydrogen) atoms. The van der Waals surface area contributed by atoms with Crippen LogP contribution in [0.5, 0.6) is 5.88 Å². The summed E-state index contributed by atoms with van der Waals surface area (Å²) in [7, 11) is 0. The molecule has 0 fully saturated rings. The average molecular weight is 298 g/mol. The van der Waals surface area contributed by atoms with Crippen LogP contribution in [0.1, 0.15) is 15.9 Å². The first-order chi connectivity index (χ1) is 10.6. The maximum atomic E-state index is 13.5. The van der Waals surface area contributed by atoms with Crippen molar-refractivity contribution in [3.8, 4) is 5.88 Å². The Hall–Kier alpha value is -3.02. The molecule has 0 aliphatic carbocycles. The summed E-state index contributed by atoms with van der Waals surface area (Å²) in [4.78, 5) is 19.2. The van der Waals surface area contributed by atoms with Gasteiger partial charge in [0.25, 0.3) is 0 Å². The van der Waals surface area contributed by atoms with Gasteiger partial charge in [0, 0.05) is 17.0 Å². The summed E-state index contributed by atoms with van der Waals surface area (Å²) >= 11 is 0. The van der Waals surface area contributed by atoms with Crippen molar-refractivity contribution in [1.29, 1.82) is 0 Å². The van der Waals surface area contributed by atoms with Crippen LogP contribution in [-0.2, 0) is 0 Å². The van der Waals surface area contributed by atoms with Gasteiger partial charge in [0.2, 0.25) is 5.78 Å². The number of H-pyrrole nitrogens is 1. The molecule has 0 spiro atoms. The third-order valence-corrected chi connectivity index (χ3v) is 3.65. The molecule has 1 aromatic heterocycles. The van der Waals surface area contributed by atoms with Crippen LogP contribution in [0.2, 0.25) is 0 Å². The monoisotopic (exact) mass is 298 g/mol. The zero-order valence-electron chi connectivity index (χ0n) is 11.0. The van der Waals surface area contributed by atoms with Gasteiger partial charge in [0.15, 0.2) is 17.5 Å². The quantitative estimate of drug-likeness (QED) is 0.722. The van der Waals surface area contributed by atoms with Crippen molar-refractivity contribution in [2.24, 2.45) is 4.99 Å². The van der Waals surface area contributed by atoms with Gasteiger partial charge in [0.1, 0.15) is 5.71 Å². The number of halogens is 2. The lowest BCUT2D eigenvalue weighted by Crippen LogP contribution is -2.10. The highest BCUT2D eigenvalue weighted by Crippen LogP contribution is 2.35. The number of aromatic amines is 1. The van der Waals surface area contributed by atoms with Crippen LogP contribution < -0.4 is 0 Å². The SMILES string of the molecule is O=C1C(c2c(O)[nH]c3cc(F)c(F)cc23)=Nc2ccccc21. The fraction of sp³-hybridized carbons (Fsp3) is 0. The number of carbonyl (C=O) groups is 1. The Morgan fingerprint density at radius 2 is 1.82 bits per heavy atom. The number of hydrogen-bond acceptors (Lipinski definition) is 3. The number of benzene rings is 2. The van der Waals surface area contributed by atoms with Crippen molar-refractivity contribution in [3.05, 3.63) is 59.2 Å². The zero-order valence-corrected chi connectivity index (χ0v) is 11.0. The van der Waals surface area contributed by atoms with Gasteiger partial charge in [0.05, 0.1) is 16.8 Å². The number of fused-ring (bicyclic) bond motifs is 2. The summed E-state index contributed by atoms with van der Waals surface area (Å²) in [5.41, 5.74) is 1.18. The molecule has 0 unspecified atom stereocenters. The standard InChI is InChI=1S/C16H8F2N2O2/c17-9-5-8-12(6-10(9)18)20-16(22)13(8)14-15(21)7-3-1-2-4-11(7)19-14/h1-6,20,22H. The third-order valence-electron chi connectivity index (χ3n) is 3.65. The molecule has 0 radical (unpaired) electrons. The predicted molar refractivity (Wildman–Crippen MR) is 76.8 cm³/mol. The fourth-order valence-electron chi connectivity index (χ4n) is 2.65. The number of aliphatic imine (C=N–C) groups is 1. The van der Waals surface area contributed by atoms with Gasteiger partial charge < -0.3 is 10.1 Å². The Labute approximate surface area is 122 Å². The molecule has 2 heterocycles. The maximum absolute atomic E-state index is 13.5. The summed E-state index contributed by atoms with van der Waals surface area (Å²) in [5, 5.41) is 10.2. The van der Waals surface area contributed by atoms with Crippen LogP contribution in [0.3, 0.4) is 0 Å². The molecule has 2 aromatic carbocycles. The minimum atomic E-state index is -1.06. The highest BCUT2D eigenvalue weighted by molar-refractivity contribution is 6.56. The van der Waals surface area contributed by atoms with E-state index in [1.165, 1.54) is 0 Å². The number of aromatic nitrogens is 1. The van der Waals surface area contributed by atoms with Crippen LogP contribution in [0.15, 0.2) is 41.4 Å². The number of nitrogens with one attached hydrogen (secondary N) is 1. The van der Waals surface area contributed by atoms with E-state index in [-0.39, 0.29) is 33.8 Å². The third kappa shape index (κ3) is 1.60. The van der Waals surface area contributed by atoms with Crippen LogP contribution in [-0.4, -0.2) is 21.6 Å². The summed E-state index contributed by atoms with van der Waals surface area (Å²) in [5.74, 6) is -2.81. The maximum Gasteiger partial charge on any atom is 0.214 e. The van der Waals surface area contributed by atoms with Crippen LogP contribution >= 0.6 is 0 Å². The molecule has 4 rings (SSSR count). The number of carbonyl (C=O) groups excluding carboxylic acids is 1. The molecule has 108 valence electrons. The van der Waals surface area contributed by atoms with Crippen LogP contribution in [0, 0.1) is 11.6 Å².